The van der Waals surface area contributed by atoms with Crippen molar-refractivity contribution in [2.75, 3.05) is 6.54 Å². The van der Waals surface area contributed by atoms with Crippen molar-refractivity contribution in [3.05, 3.63) is 24.3 Å². The molecule has 0 aromatic carbocycles. The number of amides is 1. The number of piperidine rings is 1. The summed E-state index contributed by atoms with van der Waals surface area (Å²) in [5.41, 5.74) is 0.490. The zero-order valence-corrected chi connectivity index (χ0v) is 10.6. The second kappa shape index (κ2) is 5.04. The number of nitrogens with zero attached hydrogens (tertiary/aromatic N) is 3. The first-order valence-corrected chi connectivity index (χ1v) is 6.93. The van der Waals surface area contributed by atoms with Gasteiger partial charge in [0.1, 0.15) is 5.69 Å². The number of aromatic nitrogens is 2. The third-order valence-electron chi connectivity index (χ3n) is 4.29. The Morgan fingerprint density at radius 2 is 2.00 bits per heavy atom. The molecule has 1 amide bonds. The van der Waals surface area contributed by atoms with Crippen molar-refractivity contribution in [1.82, 2.24) is 14.9 Å². The fourth-order valence-electron chi connectivity index (χ4n) is 3.43. The Labute approximate surface area is 107 Å². The van der Waals surface area contributed by atoms with Crippen molar-refractivity contribution in [3.63, 3.8) is 0 Å². The van der Waals surface area contributed by atoms with E-state index in [0.717, 1.165) is 19.4 Å². The van der Waals surface area contributed by atoms with Gasteiger partial charge >= 0.3 is 0 Å². The lowest BCUT2D eigenvalue weighted by atomic mass is 9.78. The van der Waals surface area contributed by atoms with Crippen LogP contribution in [0.25, 0.3) is 0 Å². The van der Waals surface area contributed by atoms with Crippen LogP contribution in [0.1, 0.15) is 49.0 Å². The Morgan fingerprint density at radius 1 is 1.17 bits per heavy atom. The van der Waals surface area contributed by atoms with Crippen LogP contribution < -0.4 is 0 Å². The summed E-state index contributed by atoms with van der Waals surface area (Å²) in [6.07, 6.45) is 12.2. The third-order valence-corrected chi connectivity index (χ3v) is 4.29. The number of carbonyl (C=O) groups is 1. The largest absolute Gasteiger partial charge is 0.334 e. The van der Waals surface area contributed by atoms with E-state index in [-0.39, 0.29) is 5.91 Å². The van der Waals surface area contributed by atoms with Gasteiger partial charge in [-0.05, 0) is 31.6 Å². The van der Waals surface area contributed by atoms with E-state index in [9.17, 15) is 4.79 Å². The average molecular weight is 245 g/mol. The molecule has 2 heterocycles. The molecule has 1 saturated carbocycles. The van der Waals surface area contributed by atoms with Crippen LogP contribution in [0.5, 0.6) is 0 Å². The Morgan fingerprint density at radius 3 is 2.83 bits per heavy atom. The zero-order valence-electron chi connectivity index (χ0n) is 10.6. The molecule has 0 N–H and O–H groups in total. The zero-order chi connectivity index (χ0) is 12.4. The van der Waals surface area contributed by atoms with Crippen LogP contribution in [0.15, 0.2) is 18.6 Å². The number of hydrogen-bond acceptors (Lipinski definition) is 3. The van der Waals surface area contributed by atoms with Gasteiger partial charge in [-0.1, -0.05) is 12.8 Å². The highest BCUT2D eigenvalue weighted by Gasteiger charge is 2.36. The first-order chi connectivity index (χ1) is 8.86. The van der Waals surface area contributed by atoms with Gasteiger partial charge in [-0.3, -0.25) is 9.78 Å². The van der Waals surface area contributed by atoms with Crippen molar-refractivity contribution >= 4 is 5.91 Å². The van der Waals surface area contributed by atoms with Gasteiger partial charge in [0.05, 0.1) is 6.20 Å². The Balaban J connectivity index is 1.80. The minimum Gasteiger partial charge on any atom is -0.334 e. The molecule has 1 aromatic rings. The predicted octanol–water partition coefficient (Wildman–Crippen LogP) is 2.27. The van der Waals surface area contributed by atoms with Gasteiger partial charge < -0.3 is 4.90 Å². The summed E-state index contributed by atoms with van der Waals surface area (Å²) in [5, 5.41) is 0. The molecule has 1 saturated heterocycles. The van der Waals surface area contributed by atoms with Crippen LogP contribution in [0.2, 0.25) is 0 Å². The lowest BCUT2D eigenvalue weighted by Gasteiger charge is -2.43. The summed E-state index contributed by atoms with van der Waals surface area (Å²) in [7, 11) is 0. The van der Waals surface area contributed by atoms with Gasteiger partial charge in [-0.15, -0.1) is 0 Å². The predicted molar refractivity (Wildman–Crippen MR) is 68.0 cm³/mol. The molecule has 1 aliphatic carbocycles. The highest BCUT2D eigenvalue weighted by atomic mass is 16.2. The summed E-state index contributed by atoms with van der Waals surface area (Å²) < 4.78 is 0. The average Bonchev–Trinajstić information content (AvgIpc) is 2.47. The maximum atomic E-state index is 12.5. The topological polar surface area (TPSA) is 46.1 Å². The summed E-state index contributed by atoms with van der Waals surface area (Å²) in [6.45, 7) is 0.885. The molecule has 1 aromatic heterocycles. The van der Waals surface area contributed by atoms with Crippen LogP contribution in [0.4, 0.5) is 0 Å². The van der Waals surface area contributed by atoms with Gasteiger partial charge in [0.25, 0.3) is 5.91 Å². The Kier molecular flexibility index (Phi) is 3.26. The first-order valence-electron chi connectivity index (χ1n) is 6.93. The number of rotatable bonds is 1. The first kappa shape index (κ1) is 11.6. The van der Waals surface area contributed by atoms with Crippen molar-refractivity contribution in [2.24, 2.45) is 5.92 Å². The molecule has 2 unspecified atom stereocenters. The Bertz CT molecular complexity index is 418. The van der Waals surface area contributed by atoms with Crippen LogP contribution >= 0.6 is 0 Å². The lowest BCUT2D eigenvalue weighted by molar-refractivity contribution is 0.0385. The SMILES string of the molecule is O=C(c1cnccn1)N1CCCC2CCCCC21. The molecule has 0 radical (unpaired) electrons. The quantitative estimate of drug-likeness (QED) is 0.762. The standard InChI is InChI=1S/C14H19N3O/c18-14(12-10-15-7-8-16-12)17-9-3-5-11-4-1-2-6-13(11)17/h7-8,10-11,13H,1-6,9H2. The molecule has 1 aliphatic heterocycles. The van der Waals surface area contributed by atoms with E-state index in [0.29, 0.717) is 17.7 Å². The molecule has 2 aliphatic rings. The highest BCUT2D eigenvalue weighted by Crippen LogP contribution is 2.35. The number of fused-ring (bicyclic) bond motifs is 1. The van der Waals surface area contributed by atoms with Crippen molar-refractivity contribution in [2.45, 2.75) is 44.6 Å². The normalized spacial score (nSPS) is 27.7. The second-order valence-corrected chi connectivity index (χ2v) is 5.34. The fraction of sp³-hybridized carbons (Fsp3) is 0.643. The van der Waals surface area contributed by atoms with Gasteiger partial charge in [-0.2, -0.15) is 0 Å². The molecule has 2 fully saturated rings. The van der Waals surface area contributed by atoms with Crippen molar-refractivity contribution in [3.8, 4) is 0 Å². The highest BCUT2D eigenvalue weighted by molar-refractivity contribution is 5.92. The molecular weight excluding hydrogens is 226 g/mol. The van der Waals surface area contributed by atoms with E-state index in [1.165, 1.54) is 25.7 Å². The summed E-state index contributed by atoms with van der Waals surface area (Å²) in [4.78, 5) is 22.7. The van der Waals surface area contributed by atoms with E-state index in [2.05, 4.69) is 14.9 Å². The van der Waals surface area contributed by atoms with Gasteiger partial charge in [0.15, 0.2) is 0 Å². The van der Waals surface area contributed by atoms with Crippen molar-refractivity contribution in [1.29, 1.82) is 0 Å². The molecular formula is C14H19N3O. The second-order valence-electron chi connectivity index (χ2n) is 5.34. The van der Waals surface area contributed by atoms with Crippen molar-refractivity contribution < 1.29 is 4.79 Å². The molecule has 3 rings (SSSR count). The van der Waals surface area contributed by atoms with E-state index < -0.39 is 0 Å². The monoisotopic (exact) mass is 245 g/mol. The minimum absolute atomic E-state index is 0.0692. The molecule has 4 nitrogen and oxygen atoms in total. The minimum atomic E-state index is 0.0692. The Hall–Kier alpha value is -1.45. The fourth-order valence-corrected chi connectivity index (χ4v) is 3.43. The van der Waals surface area contributed by atoms with Crippen LogP contribution in [-0.2, 0) is 0 Å². The molecule has 2 atom stereocenters. The van der Waals surface area contributed by atoms with Crippen LogP contribution in [-0.4, -0.2) is 33.4 Å². The summed E-state index contributed by atoms with van der Waals surface area (Å²) in [6, 6.07) is 0.446. The summed E-state index contributed by atoms with van der Waals surface area (Å²) in [5.74, 6) is 0.785. The van der Waals surface area contributed by atoms with E-state index in [1.54, 1.807) is 18.6 Å². The number of carbonyl (C=O) groups excluding carboxylic acids is 1. The molecule has 0 bridgehead atoms. The van der Waals surface area contributed by atoms with Gasteiger partial charge in [0, 0.05) is 25.0 Å². The van der Waals surface area contributed by atoms with Gasteiger partial charge in [0.2, 0.25) is 0 Å². The number of hydrogen-bond donors (Lipinski definition) is 0. The van der Waals surface area contributed by atoms with E-state index >= 15 is 0 Å². The maximum absolute atomic E-state index is 12.5. The smallest absolute Gasteiger partial charge is 0.274 e. The summed E-state index contributed by atoms with van der Waals surface area (Å²) >= 11 is 0. The molecule has 96 valence electrons. The van der Waals surface area contributed by atoms with Crippen LogP contribution in [0.3, 0.4) is 0 Å². The lowest BCUT2D eigenvalue weighted by Crippen LogP contribution is -2.49. The van der Waals surface area contributed by atoms with Gasteiger partial charge in [-0.25, -0.2) is 4.98 Å². The van der Waals surface area contributed by atoms with E-state index in [4.69, 9.17) is 0 Å². The maximum Gasteiger partial charge on any atom is 0.274 e. The number of likely N-dealkylation sites (tertiary alicyclic amines) is 1. The molecule has 18 heavy (non-hydrogen) atoms. The molecule has 0 spiro atoms. The van der Waals surface area contributed by atoms with E-state index in [1.807, 2.05) is 0 Å². The molecule has 4 heteroatoms. The van der Waals surface area contributed by atoms with Crippen LogP contribution in [0, 0.1) is 5.92 Å². The third kappa shape index (κ3) is 2.11.